The summed E-state index contributed by atoms with van der Waals surface area (Å²) in [5.41, 5.74) is 2.11. The Balaban J connectivity index is 2.44. The fourth-order valence-electron chi connectivity index (χ4n) is 2.34. The van der Waals surface area contributed by atoms with E-state index < -0.39 is 0 Å². The van der Waals surface area contributed by atoms with E-state index in [4.69, 9.17) is 4.74 Å². The van der Waals surface area contributed by atoms with Crippen molar-refractivity contribution in [3.05, 3.63) is 30.0 Å². The maximum Gasteiger partial charge on any atom is 0.123 e. The van der Waals surface area contributed by atoms with Crippen molar-refractivity contribution >= 4 is 10.9 Å². The highest BCUT2D eigenvalue weighted by molar-refractivity contribution is 5.86. The van der Waals surface area contributed by atoms with Crippen LogP contribution in [0.3, 0.4) is 0 Å². The molecule has 0 aliphatic heterocycles. The molecule has 0 aliphatic carbocycles. The minimum absolute atomic E-state index is 0.298. The number of rotatable bonds is 5. The molecule has 1 atom stereocenters. The van der Waals surface area contributed by atoms with Gasteiger partial charge in [-0.2, -0.15) is 5.26 Å². The van der Waals surface area contributed by atoms with Crippen molar-refractivity contribution in [2.24, 2.45) is 13.0 Å². The summed E-state index contributed by atoms with van der Waals surface area (Å²) in [6.07, 6.45) is 2.02. The zero-order valence-corrected chi connectivity index (χ0v) is 12.5. The second kappa shape index (κ2) is 5.98. The lowest BCUT2D eigenvalue weighted by molar-refractivity contribution is 0.415. The van der Waals surface area contributed by atoms with Crippen LogP contribution in [0.1, 0.15) is 25.5 Å². The molecule has 4 nitrogen and oxygen atoms in total. The second-order valence-corrected chi connectivity index (χ2v) is 5.44. The number of fused-ring (bicyclic) bond motifs is 1. The van der Waals surface area contributed by atoms with Crippen molar-refractivity contribution in [1.82, 2.24) is 9.88 Å². The molecule has 0 fully saturated rings. The number of ether oxygens (including phenoxy) is 1. The molecule has 0 amide bonds. The first kappa shape index (κ1) is 14.4. The van der Waals surface area contributed by atoms with Crippen LogP contribution in [0.2, 0.25) is 0 Å². The summed E-state index contributed by atoms with van der Waals surface area (Å²) in [5.74, 6) is 1.32. The van der Waals surface area contributed by atoms with Crippen LogP contribution in [-0.2, 0) is 7.05 Å². The molecule has 1 N–H and O–H groups in total. The van der Waals surface area contributed by atoms with Gasteiger partial charge < -0.3 is 9.30 Å². The van der Waals surface area contributed by atoms with E-state index in [1.807, 2.05) is 36.0 Å². The Morgan fingerprint density at radius 1 is 1.40 bits per heavy atom. The summed E-state index contributed by atoms with van der Waals surface area (Å²) in [7, 11) is 3.65. The Bertz CT molecular complexity index is 637. The lowest BCUT2D eigenvalue weighted by atomic mass is 10.1. The van der Waals surface area contributed by atoms with Crippen molar-refractivity contribution < 1.29 is 4.74 Å². The molecule has 4 heteroatoms. The van der Waals surface area contributed by atoms with Gasteiger partial charge in [-0.05, 0) is 30.7 Å². The smallest absolute Gasteiger partial charge is 0.123 e. The Kier molecular flexibility index (Phi) is 4.31. The molecule has 2 aromatic rings. The van der Waals surface area contributed by atoms with Gasteiger partial charge in [-0.15, -0.1) is 0 Å². The lowest BCUT2D eigenvalue weighted by Crippen LogP contribution is -2.24. The summed E-state index contributed by atoms with van der Waals surface area (Å²) >= 11 is 0. The van der Waals surface area contributed by atoms with E-state index in [2.05, 4.69) is 25.2 Å². The van der Waals surface area contributed by atoms with E-state index in [0.717, 1.165) is 28.8 Å². The lowest BCUT2D eigenvalue weighted by Gasteiger charge is -2.13. The van der Waals surface area contributed by atoms with Gasteiger partial charge in [-0.25, -0.2) is 0 Å². The molecular formula is C16H21N3O. The molecular weight excluding hydrogens is 250 g/mol. The standard InChI is InChI=1S/C16H21N3O/c1-11(2)9-18-15(8-17)14-10-19(3)16-6-5-12(20-4)7-13(14)16/h5-7,10-11,15,18H,9H2,1-4H3. The van der Waals surface area contributed by atoms with Gasteiger partial charge in [0.1, 0.15) is 11.8 Å². The Morgan fingerprint density at radius 3 is 2.75 bits per heavy atom. The Hall–Kier alpha value is -1.99. The maximum absolute atomic E-state index is 9.43. The number of aryl methyl sites for hydroxylation is 1. The van der Waals surface area contributed by atoms with Crippen LogP contribution in [0, 0.1) is 17.2 Å². The van der Waals surface area contributed by atoms with Gasteiger partial charge in [-0.1, -0.05) is 13.8 Å². The predicted molar refractivity (Wildman–Crippen MR) is 80.7 cm³/mol. The van der Waals surface area contributed by atoms with E-state index in [-0.39, 0.29) is 6.04 Å². The molecule has 2 rings (SSSR count). The molecule has 20 heavy (non-hydrogen) atoms. The zero-order chi connectivity index (χ0) is 14.7. The van der Waals surface area contributed by atoms with Gasteiger partial charge in [0.05, 0.1) is 13.2 Å². The van der Waals surface area contributed by atoms with Crippen molar-refractivity contribution in [3.63, 3.8) is 0 Å². The van der Waals surface area contributed by atoms with Gasteiger partial charge in [0.2, 0.25) is 0 Å². The molecule has 0 saturated heterocycles. The van der Waals surface area contributed by atoms with Crippen molar-refractivity contribution in [2.45, 2.75) is 19.9 Å². The summed E-state index contributed by atoms with van der Waals surface area (Å²) in [6, 6.07) is 8.01. The van der Waals surface area contributed by atoms with Crippen LogP contribution in [0.15, 0.2) is 24.4 Å². The second-order valence-electron chi connectivity index (χ2n) is 5.44. The molecule has 1 heterocycles. The predicted octanol–water partition coefficient (Wildman–Crippen LogP) is 3.00. The number of hydrogen-bond donors (Lipinski definition) is 1. The summed E-state index contributed by atoms with van der Waals surface area (Å²) in [6.45, 7) is 5.08. The zero-order valence-electron chi connectivity index (χ0n) is 12.5. The number of hydrogen-bond acceptors (Lipinski definition) is 3. The van der Waals surface area contributed by atoms with Gasteiger partial charge in [-0.3, -0.25) is 5.32 Å². The molecule has 106 valence electrons. The van der Waals surface area contributed by atoms with Gasteiger partial charge in [0.25, 0.3) is 0 Å². The first-order valence-corrected chi connectivity index (χ1v) is 6.82. The minimum atomic E-state index is -0.298. The maximum atomic E-state index is 9.43. The number of benzene rings is 1. The average Bonchev–Trinajstić information content (AvgIpc) is 2.76. The van der Waals surface area contributed by atoms with E-state index >= 15 is 0 Å². The molecule has 0 saturated carbocycles. The first-order valence-electron chi connectivity index (χ1n) is 6.82. The highest BCUT2D eigenvalue weighted by Crippen LogP contribution is 2.29. The Labute approximate surface area is 120 Å². The molecule has 1 aromatic heterocycles. The molecule has 0 radical (unpaired) electrons. The van der Waals surface area contributed by atoms with Crippen molar-refractivity contribution in [2.75, 3.05) is 13.7 Å². The average molecular weight is 271 g/mol. The molecule has 1 aromatic carbocycles. The van der Waals surface area contributed by atoms with E-state index in [1.165, 1.54) is 0 Å². The summed E-state index contributed by atoms with van der Waals surface area (Å²) in [5, 5.41) is 13.8. The van der Waals surface area contributed by atoms with Gasteiger partial charge in [0, 0.05) is 29.7 Å². The summed E-state index contributed by atoms with van der Waals surface area (Å²) < 4.78 is 7.33. The van der Waals surface area contributed by atoms with Crippen LogP contribution >= 0.6 is 0 Å². The molecule has 1 unspecified atom stereocenters. The highest BCUT2D eigenvalue weighted by Gasteiger charge is 2.17. The summed E-state index contributed by atoms with van der Waals surface area (Å²) in [4.78, 5) is 0. The first-order chi connectivity index (χ1) is 9.56. The molecule has 0 spiro atoms. The SMILES string of the molecule is COc1ccc2c(c1)c(C(C#N)NCC(C)C)cn2C. The third kappa shape index (κ3) is 2.78. The van der Waals surface area contributed by atoms with Crippen molar-refractivity contribution in [3.8, 4) is 11.8 Å². The normalized spacial score (nSPS) is 12.6. The third-order valence-corrected chi connectivity index (χ3v) is 3.40. The van der Waals surface area contributed by atoms with Crippen LogP contribution < -0.4 is 10.1 Å². The quantitative estimate of drug-likeness (QED) is 0.909. The minimum Gasteiger partial charge on any atom is -0.497 e. The molecule has 0 bridgehead atoms. The number of nitrogens with one attached hydrogen (secondary N) is 1. The van der Waals surface area contributed by atoms with E-state index in [0.29, 0.717) is 5.92 Å². The third-order valence-electron chi connectivity index (χ3n) is 3.40. The topological polar surface area (TPSA) is 50.0 Å². The van der Waals surface area contributed by atoms with Gasteiger partial charge in [0.15, 0.2) is 0 Å². The monoisotopic (exact) mass is 271 g/mol. The van der Waals surface area contributed by atoms with Crippen molar-refractivity contribution in [1.29, 1.82) is 5.26 Å². The number of methoxy groups -OCH3 is 1. The Morgan fingerprint density at radius 2 is 2.15 bits per heavy atom. The van der Waals surface area contributed by atoms with E-state index in [9.17, 15) is 5.26 Å². The van der Waals surface area contributed by atoms with Crippen LogP contribution in [0.25, 0.3) is 10.9 Å². The van der Waals surface area contributed by atoms with E-state index in [1.54, 1.807) is 7.11 Å². The fourth-order valence-corrected chi connectivity index (χ4v) is 2.34. The number of nitrogens with zero attached hydrogens (tertiary/aromatic N) is 2. The number of aromatic nitrogens is 1. The number of nitriles is 1. The van der Waals surface area contributed by atoms with Crippen LogP contribution in [0.4, 0.5) is 0 Å². The largest absolute Gasteiger partial charge is 0.497 e. The highest BCUT2D eigenvalue weighted by atomic mass is 16.5. The fraction of sp³-hybridized carbons (Fsp3) is 0.438. The van der Waals surface area contributed by atoms with Crippen LogP contribution in [0.5, 0.6) is 5.75 Å². The van der Waals surface area contributed by atoms with Gasteiger partial charge >= 0.3 is 0 Å². The molecule has 0 aliphatic rings. The van der Waals surface area contributed by atoms with Crippen LogP contribution in [-0.4, -0.2) is 18.2 Å².